The molecule has 0 bridgehead atoms. The van der Waals surface area contributed by atoms with Crippen molar-refractivity contribution in [2.75, 3.05) is 25.0 Å². The van der Waals surface area contributed by atoms with Crippen LogP contribution in [0.5, 0.6) is 0 Å². The fourth-order valence-electron chi connectivity index (χ4n) is 1.22. The van der Waals surface area contributed by atoms with E-state index >= 15 is 0 Å². The summed E-state index contributed by atoms with van der Waals surface area (Å²) in [6.45, 7) is 0.517. The summed E-state index contributed by atoms with van der Waals surface area (Å²) in [7, 11) is -2.29. The molecule has 0 unspecified atom stereocenters. The van der Waals surface area contributed by atoms with Crippen LogP contribution in [0.25, 0.3) is 0 Å². The van der Waals surface area contributed by atoms with E-state index in [1.165, 1.54) is 0 Å². The number of rotatable bonds is 7. The second-order valence-electron chi connectivity index (χ2n) is 3.19. The van der Waals surface area contributed by atoms with Gasteiger partial charge in [0.15, 0.2) is 0 Å². The lowest BCUT2D eigenvalue weighted by Gasteiger charge is -2.14. The van der Waals surface area contributed by atoms with Gasteiger partial charge in [0.05, 0.1) is 19.3 Å². The fraction of sp³-hybridized carbons (Fsp3) is 0.778. The predicted octanol–water partition coefficient (Wildman–Crippen LogP) is 1.53. The summed E-state index contributed by atoms with van der Waals surface area (Å²) in [5.41, 5.74) is 5.34. The molecular weight excluding hydrogens is 197 g/mol. The summed E-state index contributed by atoms with van der Waals surface area (Å²) in [5, 5.41) is 16.8. The summed E-state index contributed by atoms with van der Waals surface area (Å²) < 4.78 is 12.1. The summed E-state index contributed by atoms with van der Waals surface area (Å²) in [6.07, 6.45) is 2.79. The Morgan fingerprint density at radius 3 is 1.93 bits per heavy atom. The van der Waals surface area contributed by atoms with Crippen molar-refractivity contribution in [2.45, 2.75) is 19.3 Å². The van der Waals surface area contributed by atoms with Gasteiger partial charge in [-0.3, -0.25) is 0 Å². The van der Waals surface area contributed by atoms with Crippen LogP contribution < -0.4 is 5.73 Å². The van der Waals surface area contributed by atoms with Gasteiger partial charge in [-0.25, -0.2) is 0 Å². The zero-order chi connectivity index (χ0) is 10.9. The molecule has 78 valence electrons. The first-order valence-electron chi connectivity index (χ1n) is 4.69. The Hall–Kier alpha value is -0.830. The van der Waals surface area contributed by atoms with E-state index in [0.717, 1.165) is 0 Å². The molecule has 2 N–H and O–H groups in total. The maximum Gasteiger partial charge on any atom is 0.0898 e. The van der Waals surface area contributed by atoms with Crippen LogP contribution in [0, 0.1) is 22.7 Å². The molecule has 5 heteroatoms. The fourth-order valence-corrected chi connectivity index (χ4v) is 3.67. The molecule has 0 fully saturated rings. The van der Waals surface area contributed by atoms with Crippen LogP contribution >= 0.6 is 7.14 Å². The van der Waals surface area contributed by atoms with Gasteiger partial charge in [-0.15, -0.1) is 0 Å². The molecular formula is C9H16N3OP. The molecule has 4 nitrogen and oxygen atoms in total. The molecule has 0 saturated carbocycles. The van der Waals surface area contributed by atoms with Gasteiger partial charge < -0.3 is 10.3 Å². The van der Waals surface area contributed by atoms with Gasteiger partial charge in [-0.1, -0.05) is 0 Å². The van der Waals surface area contributed by atoms with Crippen LogP contribution in [0.1, 0.15) is 19.3 Å². The molecule has 0 aliphatic carbocycles. The van der Waals surface area contributed by atoms with E-state index in [-0.39, 0.29) is 0 Å². The first kappa shape index (κ1) is 13.2. The van der Waals surface area contributed by atoms with Crippen LogP contribution in [0.3, 0.4) is 0 Å². The van der Waals surface area contributed by atoms with Gasteiger partial charge in [-0.05, 0) is 13.0 Å². The van der Waals surface area contributed by atoms with Crippen LogP contribution in [0.2, 0.25) is 0 Å². The van der Waals surface area contributed by atoms with Crippen molar-refractivity contribution in [1.82, 2.24) is 0 Å². The lowest BCUT2D eigenvalue weighted by molar-refractivity contribution is 0.572. The molecule has 0 heterocycles. The largest absolute Gasteiger partial charge is 0.330 e. The van der Waals surface area contributed by atoms with Crippen LogP contribution in [-0.4, -0.2) is 25.0 Å². The highest BCUT2D eigenvalue weighted by atomic mass is 31.2. The molecule has 0 radical (unpaired) electrons. The third-order valence-electron chi connectivity index (χ3n) is 2.03. The Balaban J connectivity index is 4.13. The highest BCUT2D eigenvalue weighted by Crippen LogP contribution is 2.46. The third kappa shape index (κ3) is 5.75. The van der Waals surface area contributed by atoms with E-state index in [0.29, 0.717) is 44.3 Å². The molecule has 0 aliphatic rings. The van der Waals surface area contributed by atoms with Gasteiger partial charge in [0.25, 0.3) is 0 Å². The predicted molar refractivity (Wildman–Crippen MR) is 56.3 cm³/mol. The number of hydrogen-bond acceptors (Lipinski definition) is 4. The molecule has 0 aromatic heterocycles. The lowest BCUT2D eigenvalue weighted by Crippen LogP contribution is -2.06. The number of hydrogen-bond donors (Lipinski definition) is 1. The molecule has 0 atom stereocenters. The maximum absolute atomic E-state index is 12.1. The summed E-state index contributed by atoms with van der Waals surface area (Å²) in [4.78, 5) is 0. The average molecular weight is 213 g/mol. The van der Waals surface area contributed by atoms with E-state index in [2.05, 4.69) is 0 Å². The number of nitrogens with two attached hydrogens (primary N) is 1. The van der Waals surface area contributed by atoms with Crippen molar-refractivity contribution in [2.24, 2.45) is 5.73 Å². The first-order valence-corrected chi connectivity index (χ1v) is 6.96. The maximum atomic E-state index is 12.1. The van der Waals surface area contributed by atoms with Crippen LogP contribution in [-0.2, 0) is 4.57 Å². The monoisotopic (exact) mass is 213 g/mol. The molecule has 0 rings (SSSR count). The minimum atomic E-state index is -2.29. The van der Waals surface area contributed by atoms with Gasteiger partial charge in [0, 0.05) is 31.3 Å². The highest BCUT2D eigenvalue weighted by molar-refractivity contribution is 7.63. The van der Waals surface area contributed by atoms with E-state index in [4.69, 9.17) is 16.3 Å². The second-order valence-corrected chi connectivity index (χ2v) is 6.65. The standard InChI is InChI=1S/C9H16N3OP/c10-4-1-7-14(13,8-2-5-11)9-3-6-12/h1-4,7-10H2. The third-order valence-corrected chi connectivity index (χ3v) is 5.24. The lowest BCUT2D eigenvalue weighted by atomic mass is 10.5. The van der Waals surface area contributed by atoms with Crippen molar-refractivity contribution in [3.8, 4) is 12.1 Å². The van der Waals surface area contributed by atoms with Crippen molar-refractivity contribution in [3.63, 3.8) is 0 Å². The van der Waals surface area contributed by atoms with Crippen molar-refractivity contribution < 1.29 is 4.57 Å². The van der Waals surface area contributed by atoms with E-state index in [1.807, 2.05) is 12.1 Å². The van der Waals surface area contributed by atoms with Crippen LogP contribution in [0.4, 0.5) is 0 Å². The van der Waals surface area contributed by atoms with Gasteiger partial charge in [-0.2, -0.15) is 10.5 Å². The smallest absolute Gasteiger partial charge is 0.0898 e. The van der Waals surface area contributed by atoms with E-state index in [9.17, 15) is 4.57 Å². The Labute approximate surface area is 85.1 Å². The molecule has 0 aromatic carbocycles. The zero-order valence-corrected chi connectivity index (χ0v) is 9.17. The second kappa shape index (κ2) is 7.56. The molecule has 0 saturated heterocycles. The summed E-state index contributed by atoms with van der Waals surface area (Å²) in [6, 6.07) is 3.98. The minimum Gasteiger partial charge on any atom is -0.330 e. The normalized spacial score (nSPS) is 10.5. The molecule has 0 spiro atoms. The summed E-state index contributed by atoms with van der Waals surface area (Å²) in [5.74, 6) is 0. The Kier molecular flexibility index (Phi) is 7.11. The van der Waals surface area contributed by atoms with Crippen molar-refractivity contribution >= 4 is 7.14 Å². The molecule has 14 heavy (non-hydrogen) atoms. The zero-order valence-electron chi connectivity index (χ0n) is 8.28. The van der Waals surface area contributed by atoms with Crippen molar-refractivity contribution in [3.05, 3.63) is 0 Å². The SMILES string of the molecule is N#CCCP(=O)(CCC#N)CCCN. The molecule has 0 amide bonds. The van der Waals surface area contributed by atoms with Crippen molar-refractivity contribution in [1.29, 1.82) is 10.5 Å². The van der Waals surface area contributed by atoms with E-state index < -0.39 is 7.14 Å². The highest BCUT2D eigenvalue weighted by Gasteiger charge is 2.20. The number of nitrogens with zero attached hydrogens (tertiary/aromatic N) is 2. The summed E-state index contributed by atoms with van der Waals surface area (Å²) >= 11 is 0. The Morgan fingerprint density at radius 2 is 1.57 bits per heavy atom. The first-order chi connectivity index (χ1) is 6.68. The van der Waals surface area contributed by atoms with E-state index in [1.54, 1.807) is 0 Å². The van der Waals surface area contributed by atoms with Gasteiger partial charge in [0.2, 0.25) is 0 Å². The van der Waals surface area contributed by atoms with Crippen LogP contribution in [0.15, 0.2) is 0 Å². The quantitative estimate of drug-likeness (QED) is 0.649. The van der Waals surface area contributed by atoms with Gasteiger partial charge in [0.1, 0.15) is 0 Å². The average Bonchev–Trinajstić information content (AvgIpc) is 2.21. The molecule has 0 aromatic rings. The minimum absolute atomic E-state index is 0.313. The Bertz CT molecular complexity index is 255. The number of nitriles is 2. The molecule has 0 aliphatic heterocycles. The van der Waals surface area contributed by atoms with Gasteiger partial charge >= 0.3 is 0 Å². The Morgan fingerprint density at radius 1 is 1.07 bits per heavy atom. The topological polar surface area (TPSA) is 90.7 Å².